The second-order valence-electron chi connectivity index (χ2n) is 6.78. The van der Waals surface area contributed by atoms with Crippen LogP contribution in [0.1, 0.15) is 69.5 Å². The average Bonchev–Trinajstić information content (AvgIpc) is 3.24. The van der Waals surface area contributed by atoms with Crippen molar-refractivity contribution in [2.24, 2.45) is 5.73 Å². The Morgan fingerprint density at radius 3 is 2.57 bits per heavy atom. The molecule has 0 spiro atoms. The molecule has 2 aliphatic carbocycles. The van der Waals surface area contributed by atoms with Gasteiger partial charge in [-0.3, -0.25) is 9.58 Å². The standard InChI is InChI=1S/C17H30N4/c18-11-5-12-20(16-6-1-2-7-16)14-15-10-13-21(19-15)17-8-3-4-9-17/h10,13,16-17H,1-9,11-12,14,18H2. The quantitative estimate of drug-likeness (QED) is 0.839. The maximum Gasteiger partial charge on any atom is 0.0765 e. The van der Waals surface area contributed by atoms with E-state index in [2.05, 4.69) is 21.8 Å². The normalized spacial score (nSPS) is 20.9. The van der Waals surface area contributed by atoms with Gasteiger partial charge in [-0.2, -0.15) is 5.10 Å². The molecule has 0 unspecified atom stereocenters. The van der Waals surface area contributed by atoms with Crippen molar-refractivity contribution in [3.05, 3.63) is 18.0 Å². The second kappa shape index (κ2) is 7.41. The molecule has 1 heterocycles. The van der Waals surface area contributed by atoms with E-state index in [1.54, 1.807) is 0 Å². The predicted octanol–water partition coefficient (Wildman–Crippen LogP) is 3.09. The first-order valence-corrected chi connectivity index (χ1v) is 8.85. The number of nitrogens with zero attached hydrogens (tertiary/aromatic N) is 3. The highest BCUT2D eigenvalue weighted by atomic mass is 15.3. The summed E-state index contributed by atoms with van der Waals surface area (Å²) in [4.78, 5) is 2.63. The van der Waals surface area contributed by atoms with Crippen molar-refractivity contribution in [3.8, 4) is 0 Å². The molecule has 0 aromatic carbocycles. The summed E-state index contributed by atoms with van der Waals surface area (Å²) in [5.74, 6) is 0. The highest BCUT2D eigenvalue weighted by Crippen LogP contribution is 2.29. The summed E-state index contributed by atoms with van der Waals surface area (Å²) in [5.41, 5.74) is 6.95. The second-order valence-corrected chi connectivity index (χ2v) is 6.78. The molecule has 2 aliphatic rings. The van der Waals surface area contributed by atoms with E-state index < -0.39 is 0 Å². The summed E-state index contributed by atoms with van der Waals surface area (Å²) in [6.45, 7) is 2.92. The van der Waals surface area contributed by atoms with Gasteiger partial charge < -0.3 is 5.73 Å². The lowest BCUT2D eigenvalue weighted by Gasteiger charge is -2.28. The fourth-order valence-electron chi connectivity index (χ4n) is 4.00. The Morgan fingerprint density at radius 2 is 1.86 bits per heavy atom. The van der Waals surface area contributed by atoms with Crippen molar-refractivity contribution in [1.29, 1.82) is 0 Å². The molecule has 2 saturated carbocycles. The zero-order valence-electron chi connectivity index (χ0n) is 13.2. The van der Waals surface area contributed by atoms with Gasteiger partial charge in [0.2, 0.25) is 0 Å². The highest BCUT2D eigenvalue weighted by Gasteiger charge is 2.23. The Bertz CT molecular complexity index is 416. The van der Waals surface area contributed by atoms with E-state index in [4.69, 9.17) is 10.8 Å². The first-order valence-electron chi connectivity index (χ1n) is 8.85. The lowest BCUT2D eigenvalue weighted by molar-refractivity contribution is 0.185. The molecule has 21 heavy (non-hydrogen) atoms. The monoisotopic (exact) mass is 290 g/mol. The molecule has 0 bridgehead atoms. The van der Waals surface area contributed by atoms with Crippen LogP contribution in [0.25, 0.3) is 0 Å². The zero-order chi connectivity index (χ0) is 14.5. The van der Waals surface area contributed by atoms with Gasteiger partial charge in [0.15, 0.2) is 0 Å². The van der Waals surface area contributed by atoms with Crippen LogP contribution < -0.4 is 5.73 Å². The van der Waals surface area contributed by atoms with Crippen molar-refractivity contribution >= 4 is 0 Å². The summed E-state index contributed by atoms with van der Waals surface area (Å²) in [6.07, 6.45) is 14.1. The first kappa shape index (κ1) is 15.0. The molecule has 4 heteroatoms. The molecule has 0 amide bonds. The minimum Gasteiger partial charge on any atom is -0.330 e. The van der Waals surface area contributed by atoms with Crippen LogP contribution in [0, 0.1) is 0 Å². The van der Waals surface area contributed by atoms with Crippen LogP contribution in [0.3, 0.4) is 0 Å². The molecule has 1 aromatic heterocycles. The Hall–Kier alpha value is -0.870. The van der Waals surface area contributed by atoms with E-state index in [1.807, 2.05) is 0 Å². The lowest BCUT2D eigenvalue weighted by Crippen LogP contribution is -2.34. The number of rotatable bonds is 7. The maximum atomic E-state index is 5.71. The number of hydrogen-bond donors (Lipinski definition) is 1. The molecule has 2 fully saturated rings. The van der Waals surface area contributed by atoms with E-state index in [9.17, 15) is 0 Å². The van der Waals surface area contributed by atoms with Gasteiger partial charge in [0.05, 0.1) is 11.7 Å². The zero-order valence-corrected chi connectivity index (χ0v) is 13.2. The third kappa shape index (κ3) is 3.86. The topological polar surface area (TPSA) is 47.1 Å². The molecule has 0 radical (unpaired) electrons. The third-order valence-corrected chi connectivity index (χ3v) is 5.22. The highest BCUT2D eigenvalue weighted by molar-refractivity contribution is 5.01. The van der Waals surface area contributed by atoms with Crippen LogP contribution >= 0.6 is 0 Å². The first-order chi connectivity index (χ1) is 10.4. The summed E-state index contributed by atoms with van der Waals surface area (Å²) in [5, 5.41) is 4.86. The third-order valence-electron chi connectivity index (χ3n) is 5.22. The Morgan fingerprint density at radius 1 is 1.14 bits per heavy atom. The van der Waals surface area contributed by atoms with Crippen molar-refractivity contribution < 1.29 is 0 Å². The van der Waals surface area contributed by atoms with E-state index in [0.29, 0.717) is 6.04 Å². The van der Waals surface area contributed by atoms with Crippen LogP contribution in [-0.4, -0.2) is 33.8 Å². The fourth-order valence-corrected chi connectivity index (χ4v) is 4.00. The van der Waals surface area contributed by atoms with Gasteiger partial charge in [-0.25, -0.2) is 0 Å². The molecule has 0 atom stereocenters. The smallest absolute Gasteiger partial charge is 0.0765 e. The number of nitrogens with two attached hydrogens (primary N) is 1. The molecular weight excluding hydrogens is 260 g/mol. The van der Waals surface area contributed by atoms with Crippen molar-refractivity contribution in [2.75, 3.05) is 13.1 Å². The minimum absolute atomic E-state index is 0.655. The fraction of sp³-hybridized carbons (Fsp3) is 0.824. The Labute approximate surface area is 128 Å². The van der Waals surface area contributed by atoms with Crippen LogP contribution in [0.2, 0.25) is 0 Å². The minimum atomic E-state index is 0.655. The number of aromatic nitrogens is 2. The predicted molar refractivity (Wildman–Crippen MR) is 86.1 cm³/mol. The van der Waals surface area contributed by atoms with Crippen LogP contribution in [0.4, 0.5) is 0 Å². The maximum absolute atomic E-state index is 5.71. The van der Waals surface area contributed by atoms with Crippen LogP contribution in [-0.2, 0) is 6.54 Å². The average molecular weight is 290 g/mol. The molecule has 3 rings (SSSR count). The lowest BCUT2D eigenvalue weighted by atomic mass is 10.2. The number of hydrogen-bond acceptors (Lipinski definition) is 3. The van der Waals surface area contributed by atoms with Crippen molar-refractivity contribution in [1.82, 2.24) is 14.7 Å². The largest absolute Gasteiger partial charge is 0.330 e. The van der Waals surface area contributed by atoms with Crippen molar-refractivity contribution in [3.63, 3.8) is 0 Å². The van der Waals surface area contributed by atoms with Crippen LogP contribution in [0.5, 0.6) is 0 Å². The van der Waals surface area contributed by atoms with Gasteiger partial charge in [0.25, 0.3) is 0 Å². The molecule has 118 valence electrons. The van der Waals surface area contributed by atoms with Gasteiger partial charge in [-0.1, -0.05) is 25.7 Å². The Balaban J connectivity index is 1.61. The van der Waals surface area contributed by atoms with Gasteiger partial charge in [0, 0.05) is 25.3 Å². The summed E-state index contributed by atoms with van der Waals surface area (Å²) in [7, 11) is 0. The van der Waals surface area contributed by atoms with Gasteiger partial charge in [0.1, 0.15) is 0 Å². The van der Waals surface area contributed by atoms with Crippen molar-refractivity contribution in [2.45, 2.75) is 76.4 Å². The summed E-state index contributed by atoms with van der Waals surface area (Å²) < 4.78 is 2.22. The Kier molecular flexibility index (Phi) is 5.31. The van der Waals surface area contributed by atoms with E-state index >= 15 is 0 Å². The summed E-state index contributed by atoms with van der Waals surface area (Å²) in [6, 6.07) is 3.64. The van der Waals surface area contributed by atoms with Gasteiger partial charge in [-0.15, -0.1) is 0 Å². The summed E-state index contributed by atoms with van der Waals surface area (Å²) >= 11 is 0. The molecule has 0 aliphatic heterocycles. The van der Waals surface area contributed by atoms with Gasteiger partial charge >= 0.3 is 0 Å². The molecule has 0 saturated heterocycles. The SMILES string of the molecule is NCCCN(Cc1ccn(C2CCCC2)n1)C1CCCC1. The van der Waals surface area contributed by atoms with Gasteiger partial charge in [-0.05, 0) is 44.7 Å². The van der Waals surface area contributed by atoms with E-state index in [-0.39, 0.29) is 0 Å². The van der Waals surface area contributed by atoms with E-state index in [1.165, 1.54) is 57.1 Å². The molecule has 1 aromatic rings. The van der Waals surface area contributed by atoms with E-state index in [0.717, 1.165) is 32.1 Å². The molecular formula is C17H30N4. The molecule has 4 nitrogen and oxygen atoms in total. The van der Waals surface area contributed by atoms with Crippen LogP contribution in [0.15, 0.2) is 12.3 Å². The molecule has 2 N–H and O–H groups in total.